The third-order valence-corrected chi connectivity index (χ3v) is 2.38. The van der Waals surface area contributed by atoms with Gasteiger partial charge in [-0.1, -0.05) is 0 Å². The Hall–Kier alpha value is -1.46. The topological polar surface area (TPSA) is 44.8 Å². The smallest absolute Gasteiger partial charge is 0.338 e. The molecule has 17 heavy (non-hydrogen) atoms. The van der Waals surface area contributed by atoms with Gasteiger partial charge < -0.3 is 14.2 Å². The van der Waals surface area contributed by atoms with Crippen LogP contribution in [-0.4, -0.2) is 25.8 Å². The lowest BCUT2D eigenvalue weighted by atomic mass is 10.1. The molecular formula is C12H13FO4. The van der Waals surface area contributed by atoms with E-state index in [-0.39, 0.29) is 12.2 Å². The molecule has 1 aliphatic heterocycles. The normalized spacial score (nSPS) is 16.1. The van der Waals surface area contributed by atoms with Crippen LogP contribution in [0.1, 0.15) is 29.1 Å². The van der Waals surface area contributed by atoms with Crippen molar-refractivity contribution in [3.63, 3.8) is 0 Å². The fraction of sp³-hybridized carbons (Fsp3) is 0.417. The van der Waals surface area contributed by atoms with Crippen LogP contribution in [-0.2, 0) is 14.2 Å². The molecule has 1 aliphatic rings. The monoisotopic (exact) mass is 240 g/mol. The minimum absolute atomic E-state index is 0.230. The van der Waals surface area contributed by atoms with Gasteiger partial charge in [0.15, 0.2) is 6.29 Å². The molecule has 0 amide bonds. The number of esters is 1. The summed E-state index contributed by atoms with van der Waals surface area (Å²) in [4.78, 5) is 11.5. The molecule has 2 rings (SSSR count). The van der Waals surface area contributed by atoms with Gasteiger partial charge in [0.25, 0.3) is 0 Å². The average molecular weight is 240 g/mol. The zero-order chi connectivity index (χ0) is 12.3. The Bertz CT molecular complexity index is 413. The second kappa shape index (κ2) is 5.25. The van der Waals surface area contributed by atoms with Gasteiger partial charge in [0.1, 0.15) is 5.82 Å². The summed E-state index contributed by atoms with van der Waals surface area (Å²) in [5.41, 5.74) is 0.524. The number of carbonyl (C=O) groups excluding carboxylic acids is 1. The molecule has 1 heterocycles. The number of rotatable bonds is 3. The van der Waals surface area contributed by atoms with E-state index in [0.29, 0.717) is 18.8 Å². The standard InChI is InChI=1S/C12H13FO4/c1-2-15-11(14)8-3-4-10(13)9(7-8)12-16-5-6-17-12/h3-4,7,12H,2,5-6H2,1H3. The fourth-order valence-electron chi connectivity index (χ4n) is 1.60. The molecule has 0 bridgehead atoms. The van der Waals surface area contributed by atoms with E-state index in [1.165, 1.54) is 18.2 Å². The number of ether oxygens (including phenoxy) is 3. The van der Waals surface area contributed by atoms with Crippen molar-refractivity contribution in [1.29, 1.82) is 0 Å². The first-order chi connectivity index (χ1) is 8.22. The van der Waals surface area contributed by atoms with E-state index < -0.39 is 18.1 Å². The lowest BCUT2D eigenvalue weighted by molar-refractivity contribution is -0.0465. The van der Waals surface area contributed by atoms with Crippen LogP contribution in [0.5, 0.6) is 0 Å². The quantitative estimate of drug-likeness (QED) is 0.758. The van der Waals surface area contributed by atoms with Gasteiger partial charge in [0, 0.05) is 5.56 Å². The predicted molar refractivity (Wildman–Crippen MR) is 57.0 cm³/mol. The summed E-state index contributed by atoms with van der Waals surface area (Å²) in [5.74, 6) is -0.934. The average Bonchev–Trinajstić information content (AvgIpc) is 2.83. The molecule has 92 valence electrons. The van der Waals surface area contributed by atoms with Crippen molar-refractivity contribution in [3.05, 3.63) is 35.1 Å². The van der Waals surface area contributed by atoms with Crippen LogP contribution in [0.15, 0.2) is 18.2 Å². The van der Waals surface area contributed by atoms with Crippen molar-refractivity contribution in [2.24, 2.45) is 0 Å². The highest BCUT2D eigenvalue weighted by Gasteiger charge is 2.23. The summed E-state index contributed by atoms with van der Waals surface area (Å²) in [6.45, 7) is 2.84. The lowest BCUT2D eigenvalue weighted by Crippen LogP contribution is -2.08. The van der Waals surface area contributed by atoms with Gasteiger partial charge in [0.05, 0.1) is 25.4 Å². The third-order valence-electron chi connectivity index (χ3n) is 2.38. The van der Waals surface area contributed by atoms with Crippen molar-refractivity contribution in [2.45, 2.75) is 13.2 Å². The van der Waals surface area contributed by atoms with Crippen molar-refractivity contribution < 1.29 is 23.4 Å². The molecule has 0 N–H and O–H groups in total. The number of carbonyl (C=O) groups is 1. The first-order valence-corrected chi connectivity index (χ1v) is 5.42. The molecule has 0 aromatic heterocycles. The fourth-order valence-corrected chi connectivity index (χ4v) is 1.60. The maximum absolute atomic E-state index is 13.6. The molecule has 0 unspecified atom stereocenters. The number of hydrogen-bond donors (Lipinski definition) is 0. The number of benzene rings is 1. The van der Waals surface area contributed by atoms with E-state index in [4.69, 9.17) is 14.2 Å². The van der Waals surface area contributed by atoms with E-state index in [1.807, 2.05) is 0 Å². The van der Waals surface area contributed by atoms with E-state index in [2.05, 4.69) is 0 Å². The van der Waals surface area contributed by atoms with E-state index in [1.54, 1.807) is 6.92 Å². The summed E-state index contributed by atoms with van der Waals surface area (Å²) in [6, 6.07) is 4.00. The van der Waals surface area contributed by atoms with Crippen LogP contribution in [0, 0.1) is 5.82 Å². The summed E-state index contributed by atoms with van der Waals surface area (Å²) in [6.07, 6.45) is -0.732. The molecule has 1 saturated heterocycles. The van der Waals surface area contributed by atoms with E-state index >= 15 is 0 Å². The molecule has 1 fully saturated rings. The first-order valence-electron chi connectivity index (χ1n) is 5.42. The van der Waals surface area contributed by atoms with Gasteiger partial charge in [0.2, 0.25) is 0 Å². The molecule has 5 heteroatoms. The SMILES string of the molecule is CCOC(=O)c1ccc(F)c(C2OCCO2)c1. The highest BCUT2D eigenvalue weighted by molar-refractivity contribution is 5.89. The number of hydrogen-bond acceptors (Lipinski definition) is 4. The van der Waals surface area contributed by atoms with Gasteiger partial charge in [-0.25, -0.2) is 9.18 Å². The molecule has 0 atom stereocenters. The second-order valence-corrected chi connectivity index (χ2v) is 3.53. The summed E-state index contributed by atoms with van der Waals surface area (Å²) in [7, 11) is 0. The Kier molecular flexibility index (Phi) is 3.71. The molecule has 0 radical (unpaired) electrons. The van der Waals surface area contributed by atoms with Gasteiger partial charge in [-0.3, -0.25) is 0 Å². The van der Waals surface area contributed by atoms with Crippen LogP contribution in [0.3, 0.4) is 0 Å². The van der Waals surface area contributed by atoms with Crippen molar-refractivity contribution in [2.75, 3.05) is 19.8 Å². The molecule has 0 spiro atoms. The van der Waals surface area contributed by atoms with Crippen LogP contribution in [0.2, 0.25) is 0 Å². The lowest BCUT2D eigenvalue weighted by Gasteiger charge is -2.11. The molecule has 4 nitrogen and oxygen atoms in total. The third kappa shape index (κ3) is 2.62. The first kappa shape index (κ1) is 12.0. The van der Waals surface area contributed by atoms with Crippen molar-refractivity contribution >= 4 is 5.97 Å². The minimum Gasteiger partial charge on any atom is -0.462 e. The Morgan fingerprint density at radius 2 is 2.18 bits per heavy atom. The highest BCUT2D eigenvalue weighted by atomic mass is 19.1. The van der Waals surface area contributed by atoms with Crippen molar-refractivity contribution in [1.82, 2.24) is 0 Å². The molecule has 0 aliphatic carbocycles. The van der Waals surface area contributed by atoms with Gasteiger partial charge in [-0.2, -0.15) is 0 Å². The molecular weight excluding hydrogens is 227 g/mol. The van der Waals surface area contributed by atoms with Crippen LogP contribution < -0.4 is 0 Å². The Labute approximate surface area is 98.3 Å². The van der Waals surface area contributed by atoms with E-state index in [9.17, 15) is 9.18 Å². The second-order valence-electron chi connectivity index (χ2n) is 3.53. The van der Waals surface area contributed by atoms with Gasteiger partial charge in [-0.15, -0.1) is 0 Å². The highest BCUT2D eigenvalue weighted by Crippen LogP contribution is 2.26. The molecule has 1 aromatic carbocycles. The maximum atomic E-state index is 13.6. The zero-order valence-electron chi connectivity index (χ0n) is 9.44. The van der Waals surface area contributed by atoms with Crippen LogP contribution in [0.25, 0.3) is 0 Å². The Morgan fingerprint density at radius 3 is 2.82 bits per heavy atom. The minimum atomic E-state index is -0.732. The summed E-state index contributed by atoms with van der Waals surface area (Å²) < 4.78 is 28.8. The Balaban J connectivity index is 2.25. The number of halogens is 1. The van der Waals surface area contributed by atoms with Crippen molar-refractivity contribution in [3.8, 4) is 0 Å². The Morgan fingerprint density at radius 1 is 1.47 bits per heavy atom. The summed E-state index contributed by atoms with van der Waals surface area (Å²) >= 11 is 0. The molecule has 0 saturated carbocycles. The zero-order valence-corrected chi connectivity index (χ0v) is 9.44. The largest absolute Gasteiger partial charge is 0.462 e. The molecule has 1 aromatic rings. The van der Waals surface area contributed by atoms with Crippen LogP contribution in [0.4, 0.5) is 4.39 Å². The maximum Gasteiger partial charge on any atom is 0.338 e. The predicted octanol–water partition coefficient (Wildman–Crippen LogP) is 2.05. The summed E-state index contributed by atoms with van der Waals surface area (Å²) in [5, 5.41) is 0. The van der Waals surface area contributed by atoms with E-state index in [0.717, 1.165) is 0 Å². The van der Waals surface area contributed by atoms with Crippen LogP contribution >= 0.6 is 0 Å². The van der Waals surface area contributed by atoms with Gasteiger partial charge >= 0.3 is 5.97 Å². The van der Waals surface area contributed by atoms with Gasteiger partial charge in [-0.05, 0) is 25.1 Å².